The van der Waals surface area contributed by atoms with Gasteiger partial charge in [-0.15, -0.1) is 0 Å². The van der Waals surface area contributed by atoms with Crippen LogP contribution in [-0.2, 0) is 0 Å². The second kappa shape index (κ2) is 13.2. The molecule has 0 amide bonds. The molecule has 0 saturated carbocycles. The first kappa shape index (κ1) is 32.0. The van der Waals surface area contributed by atoms with Crippen LogP contribution in [0.1, 0.15) is 0 Å². The van der Waals surface area contributed by atoms with E-state index in [1.165, 1.54) is 44.5 Å². The third-order valence-corrected chi connectivity index (χ3v) is 11.1. The number of hydrogen-bond donors (Lipinski definition) is 0. The second-order valence-electron chi connectivity index (χ2n) is 14.5. The lowest BCUT2D eigenvalue weighted by Crippen LogP contribution is -1.83. The van der Waals surface area contributed by atoms with E-state index >= 15 is 0 Å². The summed E-state index contributed by atoms with van der Waals surface area (Å²) in [6, 6.07) is 73.5. The van der Waals surface area contributed by atoms with Crippen molar-refractivity contribution < 1.29 is 8.83 Å². The van der Waals surface area contributed by atoms with Crippen molar-refractivity contribution in [3.8, 4) is 66.8 Å². The zero-order valence-corrected chi connectivity index (χ0v) is 30.4. The summed E-state index contributed by atoms with van der Waals surface area (Å²) in [6.45, 7) is 0. The fraction of sp³-hybridized carbons (Fsp3) is 0. The molecule has 0 atom stereocenters. The summed E-state index contributed by atoms with van der Waals surface area (Å²) < 4.78 is 12.8. The summed E-state index contributed by atoms with van der Waals surface area (Å²) in [5, 5.41) is 4.34. The Morgan fingerprint density at radius 2 is 0.464 bits per heavy atom. The molecule has 0 saturated heterocycles. The van der Waals surface area contributed by atoms with Gasteiger partial charge in [0.15, 0.2) is 0 Å². The van der Waals surface area contributed by atoms with Crippen LogP contribution in [0.5, 0.6) is 0 Å². The zero-order chi connectivity index (χ0) is 37.0. The maximum absolute atomic E-state index is 6.42. The van der Waals surface area contributed by atoms with Crippen molar-refractivity contribution in [1.82, 2.24) is 0 Å². The Morgan fingerprint density at radius 1 is 0.179 bits per heavy atom. The molecule has 0 fully saturated rings. The van der Waals surface area contributed by atoms with Gasteiger partial charge in [0.2, 0.25) is 0 Å². The third kappa shape index (κ3) is 5.68. The molecule has 2 nitrogen and oxygen atoms in total. The Morgan fingerprint density at radius 3 is 0.821 bits per heavy atom. The molecule has 56 heavy (non-hydrogen) atoms. The Hall–Kier alpha value is -7.42. The van der Waals surface area contributed by atoms with Crippen LogP contribution in [-0.4, -0.2) is 0 Å². The quantitative estimate of drug-likeness (QED) is 0.171. The molecule has 9 aromatic carbocycles. The number of fused-ring (bicyclic) bond motifs is 6. The van der Waals surface area contributed by atoms with Gasteiger partial charge in [0.1, 0.15) is 22.3 Å². The molecule has 0 aliphatic rings. The molecule has 0 unspecified atom stereocenters. The van der Waals surface area contributed by atoms with Crippen LogP contribution in [0.15, 0.2) is 215 Å². The Labute approximate surface area is 324 Å². The normalized spacial score (nSPS) is 11.6. The average Bonchev–Trinajstić information content (AvgIpc) is 3.82. The number of hydrogen-bond acceptors (Lipinski definition) is 2. The summed E-state index contributed by atoms with van der Waals surface area (Å²) in [6.07, 6.45) is 0. The third-order valence-electron chi connectivity index (χ3n) is 11.1. The topological polar surface area (TPSA) is 26.3 Å². The van der Waals surface area contributed by atoms with Crippen molar-refractivity contribution in [2.75, 3.05) is 0 Å². The molecule has 0 spiro atoms. The van der Waals surface area contributed by atoms with Gasteiger partial charge in [-0.1, -0.05) is 146 Å². The average molecular weight is 715 g/mol. The highest BCUT2D eigenvalue weighted by atomic mass is 16.3. The summed E-state index contributed by atoms with van der Waals surface area (Å²) in [4.78, 5) is 0. The van der Waals surface area contributed by atoms with Gasteiger partial charge in [0.25, 0.3) is 0 Å². The predicted molar refractivity (Wildman–Crippen MR) is 234 cm³/mol. The van der Waals surface area contributed by atoms with Crippen molar-refractivity contribution in [2.45, 2.75) is 0 Å². The lowest BCUT2D eigenvalue weighted by molar-refractivity contribution is 0.656. The molecule has 0 radical (unpaired) electrons. The van der Waals surface area contributed by atoms with Crippen LogP contribution < -0.4 is 0 Å². The Balaban J connectivity index is 0.959. The highest BCUT2D eigenvalue weighted by Crippen LogP contribution is 2.40. The lowest BCUT2D eigenvalue weighted by atomic mass is 9.95. The van der Waals surface area contributed by atoms with Crippen LogP contribution in [0, 0.1) is 0 Å². The highest BCUT2D eigenvalue weighted by molar-refractivity contribution is 6.16. The van der Waals surface area contributed by atoms with Gasteiger partial charge in [0.05, 0.1) is 0 Å². The Kier molecular flexibility index (Phi) is 7.53. The minimum Gasteiger partial charge on any atom is -0.456 e. The van der Waals surface area contributed by atoms with Crippen LogP contribution in [0.3, 0.4) is 0 Å². The van der Waals surface area contributed by atoms with E-state index < -0.39 is 0 Å². The summed E-state index contributed by atoms with van der Waals surface area (Å²) in [7, 11) is 0. The van der Waals surface area contributed by atoms with E-state index in [-0.39, 0.29) is 0 Å². The van der Waals surface area contributed by atoms with E-state index in [9.17, 15) is 0 Å². The van der Waals surface area contributed by atoms with Gasteiger partial charge in [0, 0.05) is 27.6 Å². The smallest absolute Gasteiger partial charge is 0.139 e. The van der Waals surface area contributed by atoms with E-state index in [0.717, 1.165) is 66.1 Å². The molecule has 11 aromatic rings. The van der Waals surface area contributed by atoms with Gasteiger partial charge in [-0.25, -0.2) is 0 Å². The standard InChI is InChI=1S/C54H34O2/c1-3-11-35(12-4-1)37-15-7-17-39(27-37)41-19-9-21-43(29-41)45-23-25-51-47(31-45)49-33-50-48-32-46(24-26-52(48)56-54(50)34-53(49)55-51)44-22-10-20-42(30-44)40-18-8-16-38(28-40)36-13-5-2-6-14-36/h1-34H. The van der Waals surface area contributed by atoms with Crippen molar-refractivity contribution in [3.63, 3.8) is 0 Å². The lowest BCUT2D eigenvalue weighted by Gasteiger charge is -2.09. The van der Waals surface area contributed by atoms with Crippen molar-refractivity contribution in [2.24, 2.45) is 0 Å². The monoisotopic (exact) mass is 714 g/mol. The molecule has 262 valence electrons. The minimum atomic E-state index is 0.820. The van der Waals surface area contributed by atoms with Crippen LogP contribution in [0.2, 0.25) is 0 Å². The van der Waals surface area contributed by atoms with Gasteiger partial charge >= 0.3 is 0 Å². The summed E-state index contributed by atoms with van der Waals surface area (Å²) in [5.41, 5.74) is 17.6. The molecule has 0 aliphatic heterocycles. The first-order chi connectivity index (χ1) is 27.7. The fourth-order valence-electron chi connectivity index (χ4n) is 8.18. The molecule has 2 heterocycles. The molecule has 0 N–H and O–H groups in total. The molecule has 0 aliphatic carbocycles. The minimum absolute atomic E-state index is 0.820. The predicted octanol–water partition coefficient (Wildman–Crippen LogP) is 15.5. The van der Waals surface area contributed by atoms with Gasteiger partial charge in [-0.3, -0.25) is 0 Å². The molecular formula is C54H34O2. The first-order valence-electron chi connectivity index (χ1n) is 19.1. The number of furan rings is 2. The zero-order valence-electron chi connectivity index (χ0n) is 30.4. The summed E-state index contributed by atoms with van der Waals surface area (Å²) >= 11 is 0. The SMILES string of the molecule is c1ccc(-c2cccc(-c3cccc(-c4ccc5oc6cc7oc8ccc(-c9cccc(-c%10cccc(-c%11ccccc%11)c%10)c9)cc8c7cc6c5c4)c3)c2)cc1. The van der Waals surface area contributed by atoms with Gasteiger partial charge < -0.3 is 8.83 Å². The fourth-order valence-corrected chi connectivity index (χ4v) is 8.18. The van der Waals surface area contributed by atoms with Crippen LogP contribution in [0.4, 0.5) is 0 Å². The molecule has 2 heteroatoms. The molecule has 0 bridgehead atoms. The van der Waals surface area contributed by atoms with Gasteiger partial charge in [-0.05, 0) is 121 Å². The van der Waals surface area contributed by atoms with E-state index in [4.69, 9.17) is 8.83 Å². The van der Waals surface area contributed by atoms with Crippen molar-refractivity contribution in [1.29, 1.82) is 0 Å². The van der Waals surface area contributed by atoms with Crippen LogP contribution >= 0.6 is 0 Å². The maximum Gasteiger partial charge on any atom is 0.139 e. The second-order valence-corrected chi connectivity index (χ2v) is 14.5. The highest BCUT2D eigenvalue weighted by Gasteiger charge is 2.16. The van der Waals surface area contributed by atoms with Gasteiger partial charge in [-0.2, -0.15) is 0 Å². The number of benzene rings is 9. The first-order valence-corrected chi connectivity index (χ1v) is 19.1. The maximum atomic E-state index is 6.42. The number of rotatable bonds is 6. The van der Waals surface area contributed by atoms with E-state index in [1.54, 1.807) is 0 Å². The molecular weight excluding hydrogens is 681 g/mol. The van der Waals surface area contributed by atoms with Crippen molar-refractivity contribution in [3.05, 3.63) is 206 Å². The summed E-state index contributed by atoms with van der Waals surface area (Å²) in [5.74, 6) is 0. The Bertz CT molecular complexity index is 3020. The van der Waals surface area contributed by atoms with Crippen LogP contribution in [0.25, 0.3) is 111 Å². The van der Waals surface area contributed by atoms with E-state index in [0.29, 0.717) is 0 Å². The van der Waals surface area contributed by atoms with E-state index in [1.807, 2.05) is 6.07 Å². The largest absolute Gasteiger partial charge is 0.456 e. The van der Waals surface area contributed by atoms with Crippen molar-refractivity contribution >= 4 is 43.9 Å². The molecule has 2 aromatic heterocycles. The van der Waals surface area contributed by atoms with E-state index in [2.05, 4.69) is 200 Å². The molecule has 11 rings (SSSR count).